The van der Waals surface area contributed by atoms with Crippen molar-refractivity contribution in [2.45, 2.75) is 44.6 Å². The molecule has 0 amide bonds. The Bertz CT molecular complexity index is 444. The molecule has 2 unspecified atom stereocenters. The van der Waals surface area contributed by atoms with E-state index in [4.69, 9.17) is 14.2 Å². The zero-order chi connectivity index (χ0) is 14.4. The van der Waals surface area contributed by atoms with E-state index < -0.39 is 0 Å². The van der Waals surface area contributed by atoms with Crippen molar-refractivity contribution in [2.75, 3.05) is 13.9 Å². The largest absolute Gasteiger partial charge is 0.467 e. The van der Waals surface area contributed by atoms with Gasteiger partial charge in [0.25, 0.3) is 0 Å². The smallest absolute Gasteiger partial charge is 0.302 e. The predicted molar refractivity (Wildman–Crippen MR) is 75.7 cm³/mol. The van der Waals surface area contributed by atoms with Crippen molar-refractivity contribution < 1.29 is 19.0 Å². The molecule has 4 nitrogen and oxygen atoms in total. The van der Waals surface area contributed by atoms with Gasteiger partial charge in [0.2, 0.25) is 0 Å². The number of para-hydroxylation sites is 1. The molecule has 1 aliphatic carbocycles. The maximum Gasteiger partial charge on any atom is 0.302 e. The summed E-state index contributed by atoms with van der Waals surface area (Å²) < 4.78 is 16.1. The number of rotatable bonds is 5. The Labute approximate surface area is 120 Å². The molecule has 0 heterocycles. The maximum atomic E-state index is 11.3. The summed E-state index contributed by atoms with van der Waals surface area (Å²) >= 11 is 0. The number of esters is 1. The average Bonchev–Trinajstić information content (AvgIpc) is 2.45. The molecule has 0 N–H and O–H groups in total. The van der Waals surface area contributed by atoms with Gasteiger partial charge in [-0.05, 0) is 25.3 Å². The first kappa shape index (κ1) is 14.9. The lowest BCUT2D eigenvalue weighted by Gasteiger charge is -2.32. The summed E-state index contributed by atoms with van der Waals surface area (Å²) in [7, 11) is 1.60. The van der Waals surface area contributed by atoms with E-state index in [0.717, 1.165) is 37.0 Å². The number of ether oxygens (including phenoxy) is 3. The molecule has 1 aliphatic rings. The van der Waals surface area contributed by atoms with Gasteiger partial charge in [0.15, 0.2) is 6.79 Å². The minimum absolute atomic E-state index is 0.0476. The van der Waals surface area contributed by atoms with E-state index in [1.165, 1.54) is 6.92 Å². The molecular formula is C16H22O4. The molecule has 0 saturated heterocycles. The monoisotopic (exact) mass is 278 g/mol. The fraction of sp³-hybridized carbons (Fsp3) is 0.562. The molecule has 1 fully saturated rings. The van der Waals surface area contributed by atoms with E-state index in [9.17, 15) is 4.79 Å². The zero-order valence-corrected chi connectivity index (χ0v) is 12.1. The van der Waals surface area contributed by atoms with E-state index in [1.54, 1.807) is 7.11 Å². The van der Waals surface area contributed by atoms with Gasteiger partial charge in [-0.1, -0.05) is 24.6 Å². The predicted octanol–water partition coefficient (Wildman–Crippen LogP) is 3.26. The van der Waals surface area contributed by atoms with Crippen LogP contribution < -0.4 is 4.74 Å². The third-order valence-corrected chi connectivity index (χ3v) is 3.67. The number of carbonyl (C=O) groups excluding carboxylic acids is 1. The van der Waals surface area contributed by atoms with Crippen LogP contribution >= 0.6 is 0 Å². The SMILES string of the molecule is COCOc1ccccc1C1CCCCC1OC(C)=O. The summed E-state index contributed by atoms with van der Waals surface area (Å²) in [6, 6.07) is 7.93. The van der Waals surface area contributed by atoms with Crippen molar-refractivity contribution in [3.8, 4) is 5.75 Å². The van der Waals surface area contributed by atoms with Crippen LogP contribution in [0.25, 0.3) is 0 Å². The van der Waals surface area contributed by atoms with Gasteiger partial charge in [-0.3, -0.25) is 4.79 Å². The number of hydrogen-bond acceptors (Lipinski definition) is 4. The number of hydrogen-bond donors (Lipinski definition) is 0. The second-order valence-electron chi connectivity index (χ2n) is 5.13. The van der Waals surface area contributed by atoms with Crippen LogP contribution in [-0.2, 0) is 14.3 Å². The van der Waals surface area contributed by atoms with Gasteiger partial charge in [-0.25, -0.2) is 0 Å². The molecule has 0 spiro atoms. The number of carbonyl (C=O) groups is 1. The number of methoxy groups -OCH3 is 1. The highest BCUT2D eigenvalue weighted by atomic mass is 16.7. The van der Waals surface area contributed by atoms with Crippen molar-refractivity contribution in [1.29, 1.82) is 0 Å². The molecule has 4 heteroatoms. The van der Waals surface area contributed by atoms with Gasteiger partial charge in [0.1, 0.15) is 11.9 Å². The summed E-state index contributed by atoms with van der Waals surface area (Å²) in [6.45, 7) is 1.70. The average molecular weight is 278 g/mol. The lowest BCUT2D eigenvalue weighted by atomic mass is 9.81. The van der Waals surface area contributed by atoms with Gasteiger partial charge in [0.05, 0.1) is 0 Å². The van der Waals surface area contributed by atoms with E-state index in [1.807, 2.05) is 18.2 Å². The Hall–Kier alpha value is -1.55. The molecule has 1 aromatic carbocycles. The molecule has 2 atom stereocenters. The van der Waals surface area contributed by atoms with Crippen LogP contribution in [0, 0.1) is 0 Å². The van der Waals surface area contributed by atoms with Gasteiger partial charge in [-0.2, -0.15) is 0 Å². The minimum atomic E-state index is -0.211. The molecule has 0 bridgehead atoms. The molecular weight excluding hydrogens is 256 g/mol. The Morgan fingerprint density at radius 1 is 1.25 bits per heavy atom. The van der Waals surface area contributed by atoms with Gasteiger partial charge < -0.3 is 14.2 Å². The lowest BCUT2D eigenvalue weighted by Crippen LogP contribution is -2.28. The molecule has 0 aliphatic heterocycles. The van der Waals surface area contributed by atoms with E-state index in [2.05, 4.69) is 6.07 Å². The van der Waals surface area contributed by atoms with Crippen molar-refractivity contribution in [3.63, 3.8) is 0 Å². The first-order valence-electron chi connectivity index (χ1n) is 7.10. The Balaban J connectivity index is 2.20. The van der Waals surface area contributed by atoms with Crippen LogP contribution in [-0.4, -0.2) is 26.0 Å². The molecule has 110 valence electrons. The van der Waals surface area contributed by atoms with Crippen molar-refractivity contribution >= 4 is 5.97 Å². The second-order valence-corrected chi connectivity index (χ2v) is 5.13. The van der Waals surface area contributed by atoms with Crippen LogP contribution in [0.3, 0.4) is 0 Å². The van der Waals surface area contributed by atoms with Crippen LogP contribution in [0.4, 0.5) is 0 Å². The molecule has 2 rings (SSSR count). The first-order chi connectivity index (χ1) is 9.72. The van der Waals surface area contributed by atoms with Crippen molar-refractivity contribution in [1.82, 2.24) is 0 Å². The fourth-order valence-electron chi connectivity index (χ4n) is 2.85. The first-order valence-corrected chi connectivity index (χ1v) is 7.10. The van der Waals surface area contributed by atoms with Crippen LogP contribution in [0.1, 0.15) is 44.1 Å². The third-order valence-electron chi connectivity index (χ3n) is 3.67. The van der Waals surface area contributed by atoms with E-state index in [-0.39, 0.29) is 24.8 Å². The lowest BCUT2D eigenvalue weighted by molar-refractivity contribution is -0.148. The topological polar surface area (TPSA) is 44.8 Å². The van der Waals surface area contributed by atoms with E-state index >= 15 is 0 Å². The summed E-state index contributed by atoms with van der Waals surface area (Å²) in [5, 5.41) is 0. The highest BCUT2D eigenvalue weighted by Crippen LogP contribution is 2.39. The van der Waals surface area contributed by atoms with Crippen LogP contribution in [0.2, 0.25) is 0 Å². The van der Waals surface area contributed by atoms with Gasteiger partial charge >= 0.3 is 5.97 Å². The molecule has 1 aromatic rings. The van der Waals surface area contributed by atoms with Crippen molar-refractivity contribution in [3.05, 3.63) is 29.8 Å². The van der Waals surface area contributed by atoms with Gasteiger partial charge in [0, 0.05) is 25.5 Å². The Morgan fingerprint density at radius 3 is 2.75 bits per heavy atom. The van der Waals surface area contributed by atoms with E-state index in [0.29, 0.717) is 0 Å². The molecule has 0 aromatic heterocycles. The summed E-state index contributed by atoms with van der Waals surface area (Å²) in [6.07, 6.45) is 4.15. The van der Waals surface area contributed by atoms with Crippen LogP contribution in [0.15, 0.2) is 24.3 Å². The Morgan fingerprint density at radius 2 is 2.00 bits per heavy atom. The summed E-state index contributed by atoms with van der Waals surface area (Å²) in [5.41, 5.74) is 1.11. The third kappa shape index (κ3) is 3.73. The zero-order valence-electron chi connectivity index (χ0n) is 12.1. The Kier molecular flexibility index (Phi) is 5.41. The minimum Gasteiger partial charge on any atom is -0.467 e. The van der Waals surface area contributed by atoms with Crippen molar-refractivity contribution in [2.24, 2.45) is 0 Å². The number of benzene rings is 1. The van der Waals surface area contributed by atoms with Crippen LogP contribution in [0.5, 0.6) is 5.75 Å². The maximum absolute atomic E-state index is 11.3. The quantitative estimate of drug-likeness (QED) is 0.612. The normalized spacial score (nSPS) is 22.3. The fourth-order valence-corrected chi connectivity index (χ4v) is 2.85. The standard InChI is InChI=1S/C16H22O4/c1-12(17)20-16-10-6-4-8-14(16)13-7-3-5-9-15(13)19-11-18-2/h3,5,7,9,14,16H,4,6,8,10-11H2,1-2H3. The van der Waals surface area contributed by atoms with Gasteiger partial charge in [-0.15, -0.1) is 0 Å². The highest BCUT2D eigenvalue weighted by molar-refractivity contribution is 5.66. The summed E-state index contributed by atoms with van der Waals surface area (Å²) in [5.74, 6) is 0.816. The summed E-state index contributed by atoms with van der Waals surface area (Å²) in [4.78, 5) is 11.3. The highest BCUT2D eigenvalue weighted by Gasteiger charge is 2.30. The molecule has 0 radical (unpaired) electrons. The molecule has 20 heavy (non-hydrogen) atoms. The second kappa shape index (κ2) is 7.29. The molecule has 1 saturated carbocycles.